The Kier molecular flexibility index (Phi) is 4.04. The van der Waals surface area contributed by atoms with Crippen LogP contribution in [0.2, 0.25) is 0 Å². The Balaban J connectivity index is 1.91. The van der Waals surface area contributed by atoms with Crippen molar-refractivity contribution in [3.05, 3.63) is 0 Å². The van der Waals surface area contributed by atoms with Crippen LogP contribution < -0.4 is 5.73 Å². The first-order valence-electron chi connectivity index (χ1n) is 6.58. The second kappa shape index (κ2) is 5.53. The number of hydrogen-bond donors (Lipinski definition) is 1. The van der Waals surface area contributed by atoms with Crippen LogP contribution in [-0.2, 0) is 0 Å². The highest BCUT2D eigenvalue weighted by Crippen LogP contribution is 2.27. The average Bonchev–Trinajstić information content (AvgIpc) is 3.10. The fraction of sp³-hybridized carbons (Fsp3) is 0.917. The molecule has 92 valence electrons. The second-order valence-electron chi connectivity index (χ2n) is 4.90. The van der Waals surface area contributed by atoms with E-state index in [1.165, 1.54) is 25.7 Å². The zero-order valence-corrected chi connectivity index (χ0v) is 10.0. The van der Waals surface area contributed by atoms with Gasteiger partial charge in [-0.1, -0.05) is 12.8 Å². The van der Waals surface area contributed by atoms with Gasteiger partial charge >= 0.3 is 6.03 Å². The minimum absolute atomic E-state index is 0.231. The fourth-order valence-electron chi connectivity index (χ4n) is 2.40. The standard InChI is InChI=1S/C12H23N3O/c13-7-10-15(11-5-6-11)12(16)14-8-3-1-2-4-9-14/h11H,1-10,13H2. The van der Waals surface area contributed by atoms with Crippen LogP contribution in [0.5, 0.6) is 0 Å². The summed E-state index contributed by atoms with van der Waals surface area (Å²) in [5.74, 6) is 0. The normalized spacial score (nSPS) is 21.7. The summed E-state index contributed by atoms with van der Waals surface area (Å²) in [5.41, 5.74) is 5.58. The summed E-state index contributed by atoms with van der Waals surface area (Å²) in [4.78, 5) is 16.3. The van der Waals surface area contributed by atoms with E-state index in [0.29, 0.717) is 12.6 Å². The minimum Gasteiger partial charge on any atom is -0.329 e. The number of nitrogens with zero attached hydrogens (tertiary/aromatic N) is 2. The first kappa shape index (κ1) is 11.7. The van der Waals surface area contributed by atoms with E-state index in [1.807, 2.05) is 9.80 Å². The quantitative estimate of drug-likeness (QED) is 0.789. The van der Waals surface area contributed by atoms with Gasteiger partial charge in [-0.15, -0.1) is 0 Å². The van der Waals surface area contributed by atoms with Gasteiger partial charge in [0.25, 0.3) is 0 Å². The number of nitrogens with two attached hydrogens (primary N) is 1. The number of likely N-dealkylation sites (tertiary alicyclic amines) is 1. The predicted octanol–water partition coefficient (Wildman–Crippen LogP) is 1.41. The van der Waals surface area contributed by atoms with Crippen LogP contribution >= 0.6 is 0 Å². The molecule has 16 heavy (non-hydrogen) atoms. The highest BCUT2D eigenvalue weighted by atomic mass is 16.2. The number of amides is 2. The number of carbonyl (C=O) groups excluding carboxylic acids is 1. The summed E-state index contributed by atoms with van der Waals surface area (Å²) >= 11 is 0. The average molecular weight is 225 g/mol. The van der Waals surface area contributed by atoms with E-state index in [-0.39, 0.29) is 6.03 Å². The summed E-state index contributed by atoms with van der Waals surface area (Å²) in [7, 11) is 0. The molecule has 2 aliphatic rings. The lowest BCUT2D eigenvalue weighted by Gasteiger charge is -2.29. The molecule has 1 aliphatic heterocycles. The Morgan fingerprint density at radius 3 is 2.31 bits per heavy atom. The maximum Gasteiger partial charge on any atom is 0.320 e. The van der Waals surface area contributed by atoms with Crippen molar-refractivity contribution in [2.24, 2.45) is 5.73 Å². The molecule has 1 heterocycles. The molecule has 4 nitrogen and oxygen atoms in total. The Bertz CT molecular complexity index is 232. The van der Waals surface area contributed by atoms with Crippen LogP contribution in [0.15, 0.2) is 0 Å². The Labute approximate surface area is 97.8 Å². The van der Waals surface area contributed by atoms with Crippen LogP contribution in [0.3, 0.4) is 0 Å². The Morgan fingerprint density at radius 1 is 1.19 bits per heavy atom. The molecule has 0 bridgehead atoms. The van der Waals surface area contributed by atoms with Gasteiger partial charge in [-0.3, -0.25) is 0 Å². The van der Waals surface area contributed by atoms with Crippen molar-refractivity contribution >= 4 is 6.03 Å². The number of urea groups is 1. The molecule has 0 atom stereocenters. The zero-order valence-electron chi connectivity index (χ0n) is 10.0. The molecule has 0 aromatic carbocycles. The monoisotopic (exact) mass is 225 g/mol. The van der Waals surface area contributed by atoms with E-state index in [1.54, 1.807) is 0 Å². The maximum atomic E-state index is 12.3. The van der Waals surface area contributed by atoms with Gasteiger partial charge in [0, 0.05) is 32.2 Å². The molecular weight excluding hydrogens is 202 g/mol. The number of carbonyl (C=O) groups is 1. The van der Waals surface area contributed by atoms with E-state index in [2.05, 4.69) is 0 Å². The molecule has 4 heteroatoms. The van der Waals surface area contributed by atoms with Gasteiger partial charge in [-0.25, -0.2) is 4.79 Å². The van der Waals surface area contributed by atoms with Gasteiger partial charge in [-0.2, -0.15) is 0 Å². The molecule has 0 unspecified atom stereocenters. The summed E-state index contributed by atoms with van der Waals surface area (Å²) in [6.45, 7) is 3.18. The van der Waals surface area contributed by atoms with E-state index in [9.17, 15) is 4.79 Å². The van der Waals surface area contributed by atoms with Crippen LogP contribution in [-0.4, -0.2) is 48.1 Å². The fourth-order valence-corrected chi connectivity index (χ4v) is 2.40. The van der Waals surface area contributed by atoms with Gasteiger partial charge in [0.15, 0.2) is 0 Å². The molecule has 0 aromatic rings. The molecule has 2 fully saturated rings. The van der Waals surface area contributed by atoms with Gasteiger partial charge < -0.3 is 15.5 Å². The molecule has 2 N–H and O–H groups in total. The molecule has 0 radical (unpaired) electrons. The van der Waals surface area contributed by atoms with Crippen molar-refractivity contribution in [1.29, 1.82) is 0 Å². The Hall–Kier alpha value is -0.770. The van der Waals surface area contributed by atoms with Crippen LogP contribution in [0.1, 0.15) is 38.5 Å². The van der Waals surface area contributed by atoms with Gasteiger partial charge in [-0.05, 0) is 25.7 Å². The second-order valence-corrected chi connectivity index (χ2v) is 4.90. The lowest BCUT2D eigenvalue weighted by Crippen LogP contribution is -2.46. The molecule has 1 saturated carbocycles. The van der Waals surface area contributed by atoms with Gasteiger partial charge in [0.05, 0.1) is 0 Å². The SMILES string of the molecule is NCCN(C(=O)N1CCCCCC1)C1CC1. The molecule has 2 rings (SSSR count). The first-order valence-corrected chi connectivity index (χ1v) is 6.58. The van der Waals surface area contributed by atoms with Crippen molar-refractivity contribution in [3.63, 3.8) is 0 Å². The molecule has 2 amide bonds. The van der Waals surface area contributed by atoms with Crippen molar-refractivity contribution in [1.82, 2.24) is 9.80 Å². The van der Waals surface area contributed by atoms with Crippen molar-refractivity contribution in [2.45, 2.75) is 44.6 Å². The molecule has 1 saturated heterocycles. The summed E-state index contributed by atoms with van der Waals surface area (Å²) < 4.78 is 0. The van der Waals surface area contributed by atoms with Crippen molar-refractivity contribution in [3.8, 4) is 0 Å². The summed E-state index contributed by atoms with van der Waals surface area (Å²) in [6, 6.07) is 0.717. The van der Waals surface area contributed by atoms with E-state index >= 15 is 0 Å². The zero-order chi connectivity index (χ0) is 11.4. The molecule has 0 aromatic heterocycles. The third-order valence-electron chi connectivity index (χ3n) is 3.48. The predicted molar refractivity (Wildman–Crippen MR) is 64.2 cm³/mol. The molecule has 1 aliphatic carbocycles. The topological polar surface area (TPSA) is 49.6 Å². The number of rotatable bonds is 3. The summed E-state index contributed by atoms with van der Waals surface area (Å²) in [6.07, 6.45) is 7.19. The molecular formula is C12H23N3O. The van der Waals surface area contributed by atoms with E-state index < -0.39 is 0 Å². The van der Waals surface area contributed by atoms with Crippen molar-refractivity contribution < 1.29 is 4.79 Å². The Morgan fingerprint density at radius 2 is 1.81 bits per heavy atom. The summed E-state index contributed by atoms with van der Waals surface area (Å²) in [5, 5.41) is 0. The third kappa shape index (κ3) is 2.88. The van der Waals surface area contributed by atoms with Crippen LogP contribution in [0, 0.1) is 0 Å². The van der Waals surface area contributed by atoms with Crippen LogP contribution in [0.25, 0.3) is 0 Å². The third-order valence-corrected chi connectivity index (χ3v) is 3.48. The van der Waals surface area contributed by atoms with E-state index in [4.69, 9.17) is 5.73 Å². The maximum absolute atomic E-state index is 12.3. The van der Waals surface area contributed by atoms with Gasteiger partial charge in [0.2, 0.25) is 0 Å². The van der Waals surface area contributed by atoms with Crippen LogP contribution in [0.4, 0.5) is 4.79 Å². The van der Waals surface area contributed by atoms with Crippen molar-refractivity contribution in [2.75, 3.05) is 26.2 Å². The highest BCUT2D eigenvalue weighted by Gasteiger charge is 2.34. The van der Waals surface area contributed by atoms with Gasteiger partial charge in [0.1, 0.15) is 0 Å². The largest absolute Gasteiger partial charge is 0.329 e. The lowest BCUT2D eigenvalue weighted by atomic mass is 10.2. The lowest BCUT2D eigenvalue weighted by molar-refractivity contribution is 0.152. The minimum atomic E-state index is 0.231. The smallest absolute Gasteiger partial charge is 0.320 e. The van der Waals surface area contributed by atoms with E-state index in [0.717, 1.165) is 32.5 Å². The molecule has 0 spiro atoms. The number of hydrogen-bond acceptors (Lipinski definition) is 2. The first-order chi connectivity index (χ1) is 7.83. The highest BCUT2D eigenvalue weighted by molar-refractivity contribution is 5.75.